The van der Waals surface area contributed by atoms with Crippen molar-refractivity contribution in [2.45, 2.75) is 19.3 Å². The van der Waals surface area contributed by atoms with Gasteiger partial charge in [0, 0.05) is 25.0 Å². The van der Waals surface area contributed by atoms with Gasteiger partial charge in [-0.1, -0.05) is 0 Å². The van der Waals surface area contributed by atoms with Gasteiger partial charge in [0.2, 0.25) is 0 Å². The quantitative estimate of drug-likeness (QED) is 0.860. The first-order valence-corrected chi connectivity index (χ1v) is 7.26. The van der Waals surface area contributed by atoms with Crippen molar-refractivity contribution in [2.75, 3.05) is 26.2 Å². The van der Waals surface area contributed by atoms with Crippen LogP contribution in [0.5, 0.6) is 0 Å². The molecule has 0 aliphatic carbocycles. The minimum atomic E-state index is 0. The Bertz CT molecular complexity index is 391. The van der Waals surface area contributed by atoms with Crippen LogP contribution in [0.15, 0.2) is 16.8 Å². The van der Waals surface area contributed by atoms with E-state index in [4.69, 9.17) is 0 Å². The Morgan fingerprint density at radius 1 is 1.33 bits per heavy atom. The van der Waals surface area contributed by atoms with Gasteiger partial charge in [0.25, 0.3) is 5.91 Å². The highest BCUT2D eigenvalue weighted by Gasteiger charge is 2.38. The van der Waals surface area contributed by atoms with E-state index in [9.17, 15) is 4.79 Å². The summed E-state index contributed by atoms with van der Waals surface area (Å²) in [6, 6.07) is 1.93. The number of thiophene rings is 1. The van der Waals surface area contributed by atoms with E-state index in [1.807, 2.05) is 21.7 Å². The van der Waals surface area contributed by atoms with Crippen LogP contribution < -0.4 is 5.32 Å². The number of piperidine rings is 1. The van der Waals surface area contributed by atoms with Crippen LogP contribution >= 0.6 is 23.7 Å². The minimum absolute atomic E-state index is 0. The minimum Gasteiger partial charge on any atom is -0.339 e. The Kier molecular flexibility index (Phi) is 4.30. The molecule has 1 aromatic heterocycles. The van der Waals surface area contributed by atoms with Crippen LogP contribution in [0.3, 0.4) is 0 Å². The summed E-state index contributed by atoms with van der Waals surface area (Å²) in [4.78, 5) is 14.2. The lowest BCUT2D eigenvalue weighted by Gasteiger charge is -2.38. The van der Waals surface area contributed by atoms with Crippen molar-refractivity contribution < 1.29 is 4.79 Å². The predicted molar refractivity (Wildman–Crippen MR) is 76.6 cm³/mol. The van der Waals surface area contributed by atoms with Crippen molar-refractivity contribution in [1.29, 1.82) is 0 Å². The molecule has 1 amide bonds. The van der Waals surface area contributed by atoms with E-state index in [0.717, 1.165) is 44.6 Å². The number of nitrogens with zero attached hydrogens (tertiary/aromatic N) is 1. The Labute approximate surface area is 118 Å². The first kappa shape index (κ1) is 13.8. The molecule has 1 spiro atoms. The van der Waals surface area contributed by atoms with Crippen molar-refractivity contribution in [1.82, 2.24) is 10.2 Å². The normalized spacial score (nSPS) is 21.9. The lowest BCUT2D eigenvalue weighted by Crippen LogP contribution is -2.43. The third-order valence-corrected chi connectivity index (χ3v) is 4.89. The molecule has 2 fully saturated rings. The molecular formula is C13H19ClN2OS. The molecule has 1 aromatic rings. The summed E-state index contributed by atoms with van der Waals surface area (Å²) in [6.07, 6.45) is 3.61. The van der Waals surface area contributed by atoms with Gasteiger partial charge in [-0.05, 0) is 42.7 Å². The summed E-state index contributed by atoms with van der Waals surface area (Å²) < 4.78 is 0. The summed E-state index contributed by atoms with van der Waals surface area (Å²) in [5.74, 6) is 0.215. The molecule has 3 nitrogen and oxygen atoms in total. The van der Waals surface area contributed by atoms with Gasteiger partial charge >= 0.3 is 0 Å². The van der Waals surface area contributed by atoms with Crippen molar-refractivity contribution in [2.24, 2.45) is 5.41 Å². The largest absolute Gasteiger partial charge is 0.339 e. The molecule has 0 unspecified atom stereocenters. The summed E-state index contributed by atoms with van der Waals surface area (Å²) in [5, 5.41) is 7.37. The van der Waals surface area contributed by atoms with Crippen LogP contribution in [0.25, 0.3) is 0 Å². The van der Waals surface area contributed by atoms with Gasteiger partial charge in [-0.3, -0.25) is 4.79 Å². The predicted octanol–water partition coefficient (Wildman–Crippen LogP) is 2.39. The van der Waals surface area contributed by atoms with E-state index in [2.05, 4.69) is 5.32 Å². The maximum Gasteiger partial charge on any atom is 0.254 e. The fourth-order valence-corrected chi connectivity index (χ4v) is 3.60. The molecule has 100 valence electrons. The van der Waals surface area contributed by atoms with E-state index in [1.54, 1.807) is 11.3 Å². The summed E-state index contributed by atoms with van der Waals surface area (Å²) in [6.45, 7) is 4.15. The van der Waals surface area contributed by atoms with Gasteiger partial charge in [-0.2, -0.15) is 11.3 Å². The number of rotatable bonds is 1. The Morgan fingerprint density at radius 3 is 2.67 bits per heavy atom. The number of likely N-dealkylation sites (tertiary alicyclic amines) is 1. The molecule has 3 heterocycles. The number of hydrogen-bond donors (Lipinski definition) is 1. The standard InChI is InChI=1S/C13H18N2OS.ClH/c16-12(11-1-8-17-9-11)15-6-3-13(4-7-15)2-5-14-10-13;/h1,8-9,14H,2-7,10H2;1H. The highest BCUT2D eigenvalue weighted by Crippen LogP contribution is 2.37. The van der Waals surface area contributed by atoms with Crippen LogP contribution in [0.4, 0.5) is 0 Å². The molecule has 0 saturated carbocycles. The van der Waals surface area contributed by atoms with Crippen molar-refractivity contribution in [3.8, 4) is 0 Å². The molecular weight excluding hydrogens is 268 g/mol. The van der Waals surface area contributed by atoms with E-state index in [1.165, 1.54) is 6.42 Å². The van der Waals surface area contributed by atoms with Gasteiger partial charge in [0.05, 0.1) is 5.56 Å². The number of nitrogens with one attached hydrogen (secondary N) is 1. The van der Waals surface area contributed by atoms with Crippen molar-refractivity contribution in [3.63, 3.8) is 0 Å². The molecule has 3 rings (SSSR count). The lowest BCUT2D eigenvalue weighted by atomic mass is 9.78. The number of amides is 1. The molecule has 0 aromatic carbocycles. The molecule has 0 bridgehead atoms. The SMILES string of the molecule is Cl.O=C(c1ccsc1)N1CCC2(CCNC2)CC1. The second kappa shape index (κ2) is 5.59. The Balaban J connectivity index is 0.00000120. The smallest absolute Gasteiger partial charge is 0.254 e. The van der Waals surface area contributed by atoms with Crippen molar-refractivity contribution in [3.05, 3.63) is 22.4 Å². The van der Waals surface area contributed by atoms with Gasteiger partial charge < -0.3 is 10.2 Å². The lowest BCUT2D eigenvalue weighted by molar-refractivity contribution is 0.0608. The van der Waals surface area contributed by atoms with Gasteiger partial charge in [-0.25, -0.2) is 0 Å². The molecule has 5 heteroatoms. The zero-order valence-electron chi connectivity index (χ0n) is 10.4. The van der Waals surface area contributed by atoms with Crippen molar-refractivity contribution >= 4 is 29.7 Å². The first-order valence-electron chi connectivity index (χ1n) is 6.31. The van der Waals surface area contributed by atoms with Crippen LogP contribution in [0.1, 0.15) is 29.6 Å². The zero-order chi connectivity index (χ0) is 11.7. The number of hydrogen-bond acceptors (Lipinski definition) is 3. The van der Waals surface area contributed by atoms with Crippen LogP contribution in [-0.2, 0) is 0 Å². The van der Waals surface area contributed by atoms with Gasteiger partial charge in [0.1, 0.15) is 0 Å². The Morgan fingerprint density at radius 2 is 2.11 bits per heavy atom. The van der Waals surface area contributed by atoms with Crippen LogP contribution in [0, 0.1) is 5.41 Å². The molecule has 1 N–H and O–H groups in total. The fraction of sp³-hybridized carbons (Fsp3) is 0.615. The molecule has 2 aliphatic heterocycles. The molecule has 2 aliphatic rings. The maximum absolute atomic E-state index is 12.2. The topological polar surface area (TPSA) is 32.3 Å². The summed E-state index contributed by atoms with van der Waals surface area (Å²) in [7, 11) is 0. The molecule has 18 heavy (non-hydrogen) atoms. The third-order valence-electron chi connectivity index (χ3n) is 4.21. The van der Waals surface area contributed by atoms with E-state index >= 15 is 0 Å². The average Bonchev–Trinajstić information content (AvgIpc) is 3.01. The van der Waals surface area contributed by atoms with Gasteiger partial charge in [0.15, 0.2) is 0 Å². The summed E-state index contributed by atoms with van der Waals surface area (Å²) >= 11 is 1.59. The number of halogens is 1. The molecule has 0 radical (unpaired) electrons. The zero-order valence-corrected chi connectivity index (χ0v) is 12.0. The average molecular weight is 287 g/mol. The first-order chi connectivity index (χ1) is 8.29. The second-order valence-corrected chi connectivity index (χ2v) is 6.01. The van der Waals surface area contributed by atoms with Crippen LogP contribution in [-0.4, -0.2) is 37.0 Å². The highest BCUT2D eigenvalue weighted by molar-refractivity contribution is 7.08. The number of carbonyl (C=O) groups is 1. The molecule has 2 saturated heterocycles. The molecule has 0 atom stereocenters. The second-order valence-electron chi connectivity index (χ2n) is 5.23. The van der Waals surface area contributed by atoms with E-state index in [-0.39, 0.29) is 18.3 Å². The summed E-state index contributed by atoms with van der Waals surface area (Å²) in [5.41, 5.74) is 1.35. The van der Waals surface area contributed by atoms with E-state index in [0.29, 0.717) is 5.41 Å². The van der Waals surface area contributed by atoms with E-state index < -0.39 is 0 Å². The van der Waals surface area contributed by atoms with Gasteiger partial charge in [-0.15, -0.1) is 12.4 Å². The van der Waals surface area contributed by atoms with Crippen LogP contribution in [0.2, 0.25) is 0 Å². The highest BCUT2D eigenvalue weighted by atomic mass is 35.5. The maximum atomic E-state index is 12.2. The monoisotopic (exact) mass is 286 g/mol. The number of carbonyl (C=O) groups excluding carboxylic acids is 1. The Hall–Kier alpha value is -0.580. The third kappa shape index (κ3) is 2.56. The fourth-order valence-electron chi connectivity index (χ4n) is 2.98.